The predicted octanol–water partition coefficient (Wildman–Crippen LogP) is 3.70. The topological polar surface area (TPSA) is 67.4 Å². The first-order valence-corrected chi connectivity index (χ1v) is 10.2. The van der Waals surface area contributed by atoms with E-state index < -0.39 is 6.10 Å². The first-order chi connectivity index (χ1) is 12.9. The third kappa shape index (κ3) is 6.56. The lowest BCUT2D eigenvalue weighted by Gasteiger charge is -2.21. The standard InChI is InChI=1S/C22H34N2O3/c1-15(2)20-11-10-19(14-16(20)3)27-17(4)21(25)23-12-13-24-22(26)18-8-6-5-7-9-18/h10-11,14-15,17-18H,5-9,12-13H2,1-4H3,(H,23,25)(H,24,26). The number of amides is 2. The Kier molecular flexibility index (Phi) is 8.14. The zero-order valence-electron chi connectivity index (χ0n) is 17.1. The van der Waals surface area contributed by atoms with Crippen molar-refractivity contribution in [3.63, 3.8) is 0 Å². The van der Waals surface area contributed by atoms with Crippen molar-refractivity contribution in [3.05, 3.63) is 29.3 Å². The molecular weight excluding hydrogens is 340 g/mol. The second-order valence-corrected chi connectivity index (χ2v) is 7.85. The Morgan fingerprint density at radius 3 is 2.37 bits per heavy atom. The van der Waals surface area contributed by atoms with Gasteiger partial charge in [-0.1, -0.05) is 39.2 Å². The molecule has 1 atom stereocenters. The van der Waals surface area contributed by atoms with Gasteiger partial charge >= 0.3 is 0 Å². The number of aryl methyl sites for hydroxylation is 1. The summed E-state index contributed by atoms with van der Waals surface area (Å²) in [5, 5.41) is 5.75. The van der Waals surface area contributed by atoms with Crippen molar-refractivity contribution in [2.24, 2.45) is 5.92 Å². The van der Waals surface area contributed by atoms with Crippen LogP contribution >= 0.6 is 0 Å². The normalized spacial score (nSPS) is 16.0. The molecular formula is C22H34N2O3. The Balaban J connectivity index is 1.70. The first-order valence-electron chi connectivity index (χ1n) is 10.2. The Hall–Kier alpha value is -2.04. The van der Waals surface area contributed by atoms with Gasteiger partial charge < -0.3 is 15.4 Å². The van der Waals surface area contributed by atoms with E-state index in [4.69, 9.17) is 4.74 Å². The summed E-state index contributed by atoms with van der Waals surface area (Å²) in [6, 6.07) is 5.95. The molecule has 5 nitrogen and oxygen atoms in total. The fourth-order valence-electron chi connectivity index (χ4n) is 3.65. The average molecular weight is 375 g/mol. The average Bonchev–Trinajstić information content (AvgIpc) is 2.65. The van der Waals surface area contributed by atoms with Gasteiger partial charge in [0.2, 0.25) is 5.91 Å². The van der Waals surface area contributed by atoms with Crippen LogP contribution in [0.4, 0.5) is 0 Å². The highest BCUT2D eigenvalue weighted by atomic mass is 16.5. The second-order valence-electron chi connectivity index (χ2n) is 7.85. The maximum Gasteiger partial charge on any atom is 0.260 e. The van der Waals surface area contributed by atoms with E-state index in [1.807, 2.05) is 12.1 Å². The van der Waals surface area contributed by atoms with Crippen molar-refractivity contribution in [2.45, 2.75) is 71.8 Å². The third-order valence-corrected chi connectivity index (χ3v) is 5.24. The van der Waals surface area contributed by atoms with Crippen molar-refractivity contribution >= 4 is 11.8 Å². The fraction of sp³-hybridized carbons (Fsp3) is 0.636. The van der Waals surface area contributed by atoms with Gasteiger partial charge in [0.05, 0.1) is 0 Å². The van der Waals surface area contributed by atoms with E-state index in [0.29, 0.717) is 24.8 Å². The molecule has 0 aliphatic heterocycles. The van der Waals surface area contributed by atoms with Crippen LogP contribution in [0.2, 0.25) is 0 Å². The Morgan fingerprint density at radius 1 is 1.07 bits per heavy atom. The van der Waals surface area contributed by atoms with Gasteiger partial charge in [0.15, 0.2) is 6.10 Å². The molecule has 1 unspecified atom stereocenters. The highest BCUT2D eigenvalue weighted by molar-refractivity contribution is 5.81. The van der Waals surface area contributed by atoms with Crippen LogP contribution in [-0.2, 0) is 9.59 Å². The minimum Gasteiger partial charge on any atom is -0.481 e. The van der Waals surface area contributed by atoms with E-state index in [-0.39, 0.29) is 17.7 Å². The highest BCUT2D eigenvalue weighted by Gasteiger charge is 2.20. The molecule has 1 aromatic rings. The summed E-state index contributed by atoms with van der Waals surface area (Å²) in [7, 11) is 0. The summed E-state index contributed by atoms with van der Waals surface area (Å²) in [6.07, 6.45) is 4.90. The minimum atomic E-state index is -0.580. The van der Waals surface area contributed by atoms with Crippen LogP contribution in [0.15, 0.2) is 18.2 Å². The molecule has 0 bridgehead atoms. The quantitative estimate of drug-likeness (QED) is 0.682. The summed E-state index contributed by atoms with van der Waals surface area (Å²) >= 11 is 0. The molecule has 0 radical (unpaired) electrons. The van der Waals surface area contributed by atoms with Crippen LogP contribution in [0.25, 0.3) is 0 Å². The van der Waals surface area contributed by atoms with Crippen molar-refractivity contribution in [1.82, 2.24) is 10.6 Å². The van der Waals surface area contributed by atoms with Gasteiger partial charge in [-0.2, -0.15) is 0 Å². The lowest BCUT2D eigenvalue weighted by Crippen LogP contribution is -2.42. The van der Waals surface area contributed by atoms with Gasteiger partial charge in [-0.25, -0.2) is 0 Å². The maximum atomic E-state index is 12.2. The molecule has 2 rings (SSSR count). The molecule has 1 saturated carbocycles. The van der Waals surface area contributed by atoms with E-state index >= 15 is 0 Å². The van der Waals surface area contributed by atoms with Crippen molar-refractivity contribution in [3.8, 4) is 5.75 Å². The van der Waals surface area contributed by atoms with E-state index in [1.165, 1.54) is 17.5 Å². The fourth-order valence-corrected chi connectivity index (χ4v) is 3.65. The summed E-state index contributed by atoms with van der Waals surface area (Å²) in [6.45, 7) is 8.98. The molecule has 150 valence electrons. The molecule has 5 heteroatoms. The molecule has 0 saturated heterocycles. The molecule has 1 fully saturated rings. The third-order valence-electron chi connectivity index (χ3n) is 5.24. The Morgan fingerprint density at radius 2 is 1.74 bits per heavy atom. The van der Waals surface area contributed by atoms with Gasteiger partial charge in [-0.15, -0.1) is 0 Å². The number of benzene rings is 1. The van der Waals surface area contributed by atoms with Crippen LogP contribution in [0.3, 0.4) is 0 Å². The SMILES string of the molecule is Cc1cc(OC(C)C(=O)NCCNC(=O)C2CCCCC2)ccc1C(C)C. The van der Waals surface area contributed by atoms with E-state index in [1.54, 1.807) is 6.92 Å². The van der Waals surface area contributed by atoms with E-state index in [9.17, 15) is 9.59 Å². The van der Waals surface area contributed by atoms with Gasteiger partial charge in [0.1, 0.15) is 5.75 Å². The second kappa shape index (κ2) is 10.3. The number of carbonyl (C=O) groups is 2. The maximum absolute atomic E-state index is 12.2. The van der Waals surface area contributed by atoms with Crippen LogP contribution in [0.1, 0.15) is 69.9 Å². The Bertz CT molecular complexity index is 636. The zero-order valence-corrected chi connectivity index (χ0v) is 17.1. The minimum absolute atomic E-state index is 0.119. The van der Waals surface area contributed by atoms with Gasteiger partial charge in [0, 0.05) is 19.0 Å². The van der Waals surface area contributed by atoms with Crippen LogP contribution < -0.4 is 15.4 Å². The molecule has 0 heterocycles. The smallest absolute Gasteiger partial charge is 0.260 e. The number of ether oxygens (including phenoxy) is 1. The summed E-state index contributed by atoms with van der Waals surface area (Å²) < 4.78 is 5.77. The van der Waals surface area contributed by atoms with Gasteiger partial charge in [-0.3, -0.25) is 9.59 Å². The summed E-state index contributed by atoms with van der Waals surface area (Å²) in [4.78, 5) is 24.3. The monoisotopic (exact) mass is 374 g/mol. The summed E-state index contributed by atoms with van der Waals surface area (Å²) in [5.74, 6) is 1.25. The summed E-state index contributed by atoms with van der Waals surface area (Å²) in [5.41, 5.74) is 2.45. The van der Waals surface area contributed by atoms with Crippen molar-refractivity contribution in [1.29, 1.82) is 0 Å². The lowest BCUT2D eigenvalue weighted by molar-refractivity contribution is -0.128. The van der Waals surface area contributed by atoms with E-state index in [0.717, 1.165) is 25.7 Å². The van der Waals surface area contributed by atoms with Crippen LogP contribution in [0.5, 0.6) is 5.75 Å². The number of carbonyl (C=O) groups excluding carboxylic acids is 2. The molecule has 0 aromatic heterocycles. The van der Waals surface area contributed by atoms with Crippen LogP contribution in [0, 0.1) is 12.8 Å². The number of nitrogens with one attached hydrogen (secondary N) is 2. The molecule has 0 spiro atoms. The molecule has 2 N–H and O–H groups in total. The van der Waals surface area contributed by atoms with Crippen LogP contribution in [-0.4, -0.2) is 31.0 Å². The van der Waals surface area contributed by atoms with Gasteiger partial charge in [-0.05, 0) is 55.9 Å². The molecule has 27 heavy (non-hydrogen) atoms. The number of hydrogen-bond donors (Lipinski definition) is 2. The molecule has 1 aromatic carbocycles. The largest absolute Gasteiger partial charge is 0.481 e. The first kappa shape index (κ1) is 21.3. The lowest BCUT2D eigenvalue weighted by atomic mass is 9.89. The van der Waals surface area contributed by atoms with E-state index in [2.05, 4.69) is 37.5 Å². The number of rotatable bonds is 8. The molecule has 2 amide bonds. The Labute approximate surface area is 163 Å². The number of hydrogen-bond acceptors (Lipinski definition) is 3. The van der Waals surface area contributed by atoms with Crippen molar-refractivity contribution < 1.29 is 14.3 Å². The zero-order chi connectivity index (χ0) is 19.8. The van der Waals surface area contributed by atoms with Crippen molar-refractivity contribution in [2.75, 3.05) is 13.1 Å². The van der Waals surface area contributed by atoms with Gasteiger partial charge in [0.25, 0.3) is 5.91 Å². The predicted molar refractivity (Wildman–Crippen MR) is 108 cm³/mol. The highest BCUT2D eigenvalue weighted by Crippen LogP contribution is 2.24. The molecule has 1 aliphatic carbocycles. The molecule has 1 aliphatic rings.